The molecule has 29 heavy (non-hydrogen) atoms. The van der Waals surface area contributed by atoms with Gasteiger partial charge in [-0.1, -0.05) is 24.3 Å². The monoisotopic (exact) mass is 389 g/mol. The Balaban J connectivity index is 1.22. The molecule has 3 aromatic rings. The van der Waals surface area contributed by atoms with Crippen molar-refractivity contribution in [1.29, 1.82) is 0 Å². The van der Waals surface area contributed by atoms with E-state index in [1.165, 1.54) is 23.6 Å². The Morgan fingerprint density at radius 2 is 1.76 bits per heavy atom. The van der Waals surface area contributed by atoms with Gasteiger partial charge in [0.15, 0.2) is 0 Å². The first kappa shape index (κ1) is 18.3. The third kappa shape index (κ3) is 3.77. The second-order valence-corrected chi connectivity index (χ2v) is 8.07. The van der Waals surface area contributed by atoms with Crippen molar-refractivity contribution in [1.82, 2.24) is 19.7 Å². The molecule has 1 aliphatic carbocycles. The van der Waals surface area contributed by atoms with Crippen LogP contribution in [0.5, 0.6) is 0 Å². The highest BCUT2D eigenvalue weighted by Gasteiger charge is 2.20. The summed E-state index contributed by atoms with van der Waals surface area (Å²) in [6.45, 7) is 5.39. The number of benzene rings is 1. The molecule has 1 aromatic carbocycles. The number of aromatic nitrogens is 3. The lowest BCUT2D eigenvalue weighted by atomic mass is 9.97. The van der Waals surface area contributed by atoms with E-state index in [4.69, 9.17) is 0 Å². The smallest absolute Gasteiger partial charge is 0.267 e. The summed E-state index contributed by atoms with van der Waals surface area (Å²) >= 11 is 0. The SMILES string of the molecule is O=c1cc2c(nn1CCN1CCN(c3nccc4ccccc34)CC1)CCCC2. The van der Waals surface area contributed by atoms with Crippen molar-refractivity contribution in [3.63, 3.8) is 0 Å². The van der Waals surface area contributed by atoms with Crippen LogP contribution in [-0.4, -0.2) is 52.4 Å². The Bertz CT molecular complexity index is 1060. The summed E-state index contributed by atoms with van der Waals surface area (Å²) in [5.74, 6) is 1.08. The van der Waals surface area contributed by atoms with Gasteiger partial charge in [-0.05, 0) is 42.7 Å². The van der Waals surface area contributed by atoms with Crippen LogP contribution < -0.4 is 10.5 Å². The number of hydrogen-bond donors (Lipinski definition) is 0. The maximum atomic E-state index is 12.4. The van der Waals surface area contributed by atoms with Crippen molar-refractivity contribution < 1.29 is 0 Å². The number of anilines is 1. The molecule has 0 unspecified atom stereocenters. The Hall–Kier alpha value is -2.73. The van der Waals surface area contributed by atoms with Gasteiger partial charge in [-0.15, -0.1) is 0 Å². The van der Waals surface area contributed by atoms with Crippen molar-refractivity contribution in [3.05, 3.63) is 64.2 Å². The van der Waals surface area contributed by atoms with Gasteiger partial charge >= 0.3 is 0 Å². The molecule has 0 bridgehead atoms. The molecular formula is C23H27N5O. The molecule has 3 heterocycles. The van der Waals surface area contributed by atoms with E-state index in [0.29, 0.717) is 6.54 Å². The number of fused-ring (bicyclic) bond motifs is 2. The average Bonchev–Trinajstić information content (AvgIpc) is 2.78. The number of rotatable bonds is 4. The molecule has 5 rings (SSSR count). The van der Waals surface area contributed by atoms with Crippen LogP contribution in [0, 0.1) is 0 Å². The van der Waals surface area contributed by atoms with Crippen LogP contribution in [0.2, 0.25) is 0 Å². The third-order valence-electron chi connectivity index (χ3n) is 6.23. The Kier molecular flexibility index (Phi) is 5.02. The minimum Gasteiger partial charge on any atom is -0.354 e. The van der Waals surface area contributed by atoms with Crippen molar-refractivity contribution in [2.75, 3.05) is 37.6 Å². The lowest BCUT2D eigenvalue weighted by molar-refractivity contribution is 0.242. The summed E-state index contributed by atoms with van der Waals surface area (Å²) in [5.41, 5.74) is 2.33. The topological polar surface area (TPSA) is 54.3 Å². The molecule has 0 saturated carbocycles. The van der Waals surface area contributed by atoms with Crippen LogP contribution >= 0.6 is 0 Å². The van der Waals surface area contributed by atoms with Gasteiger partial charge in [0.25, 0.3) is 5.56 Å². The van der Waals surface area contributed by atoms with Crippen LogP contribution in [0.25, 0.3) is 10.8 Å². The molecule has 2 aliphatic rings. The van der Waals surface area contributed by atoms with E-state index < -0.39 is 0 Å². The van der Waals surface area contributed by atoms with E-state index >= 15 is 0 Å². The summed E-state index contributed by atoms with van der Waals surface area (Å²) in [7, 11) is 0. The molecular weight excluding hydrogens is 362 g/mol. The second kappa shape index (κ2) is 7.95. The van der Waals surface area contributed by atoms with Crippen molar-refractivity contribution in [2.24, 2.45) is 0 Å². The van der Waals surface area contributed by atoms with Crippen LogP contribution in [0.15, 0.2) is 47.4 Å². The molecule has 0 radical (unpaired) electrons. The lowest BCUT2D eigenvalue weighted by Gasteiger charge is -2.35. The van der Waals surface area contributed by atoms with E-state index in [-0.39, 0.29) is 5.56 Å². The lowest BCUT2D eigenvalue weighted by Crippen LogP contribution is -2.48. The summed E-state index contributed by atoms with van der Waals surface area (Å²) in [6, 6.07) is 12.3. The first-order valence-electron chi connectivity index (χ1n) is 10.7. The Morgan fingerprint density at radius 3 is 2.66 bits per heavy atom. The van der Waals surface area contributed by atoms with Crippen LogP contribution in [0.1, 0.15) is 24.1 Å². The first-order valence-corrected chi connectivity index (χ1v) is 10.7. The number of aryl methyl sites for hydroxylation is 2. The van der Waals surface area contributed by atoms with E-state index in [1.807, 2.05) is 12.3 Å². The van der Waals surface area contributed by atoms with E-state index in [2.05, 4.69) is 50.2 Å². The highest BCUT2D eigenvalue weighted by Crippen LogP contribution is 2.25. The summed E-state index contributed by atoms with van der Waals surface area (Å²) in [6.07, 6.45) is 6.27. The van der Waals surface area contributed by atoms with Gasteiger partial charge in [0.1, 0.15) is 5.82 Å². The summed E-state index contributed by atoms with van der Waals surface area (Å²) < 4.78 is 1.67. The quantitative estimate of drug-likeness (QED) is 0.686. The van der Waals surface area contributed by atoms with Crippen LogP contribution in [0.3, 0.4) is 0 Å². The zero-order valence-corrected chi connectivity index (χ0v) is 16.8. The molecule has 0 N–H and O–H groups in total. The number of piperazine rings is 1. The third-order valence-corrected chi connectivity index (χ3v) is 6.23. The largest absolute Gasteiger partial charge is 0.354 e. The average molecular weight is 390 g/mol. The summed E-state index contributed by atoms with van der Waals surface area (Å²) in [5, 5.41) is 7.10. The second-order valence-electron chi connectivity index (χ2n) is 8.07. The molecule has 1 saturated heterocycles. The number of nitrogens with zero attached hydrogens (tertiary/aromatic N) is 5. The molecule has 2 aromatic heterocycles. The van der Waals surface area contributed by atoms with Crippen molar-refractivity contribution in [2.45, 2.75) is 32.2 Å². The van der Waals surface area contributed by atoms with Crippen molar-refractivity contribution >= 4 is 16.6 Å². The van der Waals surface area contributed by atoms with Gasteiger partial charge in [0.2, 0.25) is 0 Å². The van der Waals surface area contributed by atoms with Crippen molar-refractivity contribution in [3.8, 4) is 0 Å². The fourth-order valence-corrected chi connectivity index (χ4v) is 4.54. The zero-order valence-electron chi connectivity index (χ0n) is 16.8. The predicted molar refractivity (Wildman–Crippen MR) is 116 cm³/mol. The van der Waals surface area contributed by atoms with E-state index in [1.54, 1.807) is 4.68 Å². The van der Waals surface area contributed by atoms with E-state index in [9.17, 15) is 4.79 Å². The van der Waals surface area contributed by atoms with Gasteiger partial charge in [0.05, 0.1) is 12.2 Å². The van der Waals surface area contributed by atoms with Gasteiger partial charge in [-0.3, -0.25) is 9.69 Å². The maximum Gasteiger partial charge on any atom is 0.267 e. The number of pyridine rings is 1. The molecule has 6 heteroatoms. The van der Waals surface area contributed by atoms with Crippen LogP contribution in [0.4, 0.5) is 5.82 Å². The molecule has 1 fully saturated rings. The van der Waals surface area contributed by atoms with E-state index in [0.717, 1.165) is 62.6 Å². The fourth-order valence-electron chi connectivity index (χ4n) is 4.54. The van der Waals surface area contributed by atoms with Gasteiger partial charge in [0, 0.05) is 50.4 Å². The molecule has 0 spiro atoms. The first-order chi connectivity index (χ1) is 14.3. The zero-order chi connectivity index (χ0) is 19.6. The maximum absolute atomic E-state index is 12.4. The molecule has 150 valence electrons. The van der Waals surface area contributed by atoms with Gasteiger partial charge in [-0.25, -0.2) is 9.67 Å². The predicted octanol–water partition coefficient (Wildman–Crippen LogP) is 2.49. The Morgan fingerprint density at radius 1 is 0.931 bits per heavy atom. The van der Waals surface area contributed by atoms with Crippen LogP contribution in [-0.2, 0) is 19.4 Å². The standard InChI is InChI=1S/C23H27N5O/c29-22-17-19-6-2-4-8-21(19)25-28(22)16-13-26-11-14-27(15-12-26)23-20-7-3-1-5-18(20)9-10-24-23/h1,3,5,7,9-10,17H,2,4,6,8,11-16H2. The van der Waals surface area contributed by atoms with Gasteiger partial charge < -0.3 is 4.90 Å². The minimum absolute atomic E-state index is 0.0456. The fraction of sp³-hybridized carbons (Fsp3) is 0.435. The molecule has 6 nitrogen and oxygen atoms in total. The molecule has 0 amide bonds. The normalized spacial score (nSPS) is 17.4. The highest BCUT2D eigenvalue weighted by molar-refractivity contribution is 5.92. The Labute approximate surface area is 170 Å². The molecule has 1 aliphatic heterocycles. The van der Waals surface area contributed by atoms with Gasteiger partial charge in [-0.2, -0.15) is 5.10 Å². The number of hydrogen-bond acceptors (Lipinski definition) is 5. The minimum atomic E-state index is 0.0456. The summed E-state index contributed by atoms with van der Waals surface area (Å²) in [4.78, 5) is 21.8. The highest BCUT2D eigenvalue weighted by atomic mass is 16.1. The molecule has 0 atom stereocenters.